The average Bonchev–Trinajstić information content (AvgIpc) is 1.89. The van der Waals surface area contributed by atoms with Crippen LogP contribution in [0.25, 0.3) is 0 Å². The molecule has 0 spiro atoms. The van der Waals surface area contributed by atoms with E-state index in [1.165, 1.54) is 19.3 Å². The summed E-state index contributed by atoms with van der Waals surface area (Å²) < 4.78 is 13.9. The fourth-order valence-corrected chi connectivity index (χ4v) is 2.59. The fraction of sp³-hybridized carbons (Fsp3) is 1.00. The standard InChI is InChI=1S/C10H18FN/c1-10(11)7-12-6-5-9(10)8-3-2-4-8/h8-9,12H,2-7H2,1H3. The van der Waals surface area contributed by atoms with Crippen molar-refractivity contribution in [1.29, 1.82) is 0 Å². The van der Waals surface area contributed by atoms with Gasteiger partial charge in [0.2, 0.25) is 0 Å². The molecule has 2 heteroatoms. The van der Waals surface area contributed by atoms with E-state index in [1.807, 2.05) is 0 Å². The largest absolute Gasteiger partial charge is 0.314 e. The molecule has 1 nitrogen and oxygen atoms in total. The average molecular weight is 171 g/mol. The third-order valence-electron chi connectivity index (χ3n) is 3.59. The SMILES string of the molecule is CC1(F)CNCCC1C1CCC1. The van der Waals surface area contributed by atoms with Crippen LogP contribution < -0.4 is 5.32 Å². The second kappa shape index (κ2) is 2.99. The minimum absolute atomic E-state index is 0.340. The summed E-state index contributed by atoms with van der Waals surface area (Å²) in [5.41, 5.74) is -0.941. The molecule has 1 saturated carbocycles. The molecule has 0 aromatic rings. The monoisotopic (exact) mass is 171 g/mol. The van der Waals surface area contributed by atoms with Crippen molar-refractivity contribution in [3.05, 3.63) is 0 Å². The predicted molar refractivity (Wildman–Crippen MR) is 47.8 cm³/mol. The van der Waals surface area contributed by atoms with Gasteiger partial charge in [-0.15, -0.1) is 0 Å². The molecular weight excluding hydrogens is 153 g/mol. The minimum Gasteiger partial charge on any atom is -0.314 e. The second-order valence-corrected chi connectivity index (χ2v) is 4.54. The van der Waals surface area contributed by atoms with Crippen LogP contribution in [0.4, 0.5) is 4.39 Å². The van der Waals surface area contributed by atoms with Crippen LogP contribution in [0.3, 0.4) is 0 Å². The van der Waals surface area contributed by atoms with E-state index in [0.717, 1.165) is 13.0 Å². The summed E-state index contributed by atoms with van der Waals surface area (Å²) in [7, 11) is 0. The zero-order valence-corrected chi connectivity index (χ0v) is 7.78. The molecule has 2 atom stereocenters. The van der Waals surface area contributed by atoms with Gasteiger partial charge in [0.25, 0.3) is 0 Å². The summed E-state index contributed by atoms with van der Waals surface area (Å²) in [6.45, 7) is 3.34. The third-order valence-corrected chi connectivity index (χ3v) is 3.59. The van der Waals surface area contributed by atoms with Gasteiger partial charge in [-0.05, 0) is 31.7 Å². The first kappa shape index (κ1) is 8.49. The van der Waals surface area contributed by atoms with Crippen LogP contribution >= 0.6 is 0 Å². The van der Waals surface area contributed by atoms with E-state index in [-0.39, 0.29) is 0 Å². The highest BCUT2D eigenvalue weighted by molar-refractivity contribution is 4.94. The van der Waals surface area contributed by atoms with Gasteiger partial charge in [-0.2, -0.15) is 0 Å². The van der Waals surface area contributed by atoms with E-state index in [0.29, 0.717) is 18.4 Å². The van der Waals surface area contributed by atoms with E-state index < -0.39 is 5.67 Å². The van der Waals surface area contributed by atoms with Crippen LogP contribution in [0.15, 0.2) is 0 Å². The topological polar surface area (TPSA) is 12.0 Å². The lowest BCUT2D eigenvalue weighted by Gasteiger charge is -2.43. The van der Waals surface area contributed by atoms with Crippen LogP contribution in [0.1, 0.15) is 32.6 Å². The molecule has 1 aliphatic heterocycles. The molecule has 2 rings (SSSR count). The van der Waals surface area contributed by atoms with E-state index >= 15 is 0 Å². The van der Waals surface area contributed by atoms with Crippen molar-refractivity contribution in [2.45, 2.75) is 38.3 Å². The molecule has 0 bridgehead atoms. The summed E-state index contributed by atoms with van der Waals surface area (Å²) >= 11 is 0. The summed E-state index contributed by atoms with van der Waals surface area (Å²) in [5.74, 6) is 1.04. The Kier molecular flexibility index (Phi) is 2.11. The van der Waals surface area contributed by atoms with Crippen molar-refractivity contribution in [1.82, 2.24) is 5.32 Å². The summed E-state index contributed by atoms with van der Waals surface area (Å²) in [4.78, 5) is 0. The molecule has 0 aromatic carbocycles. The quantitative estimate of drug-likeness (QED) is 0.637. The number of alkyl halides is 1. The zero-order chi connectivity index (χ0) is 8.60. The first-order valence-electron chi connectivity index (χ1n) is 5.10. The Labute approximate surface area is 73.7 Å². The van der Waals surface area contributed by atoms with Gasteiger partial charge in [-0.3, -0.25) is 0 Å². The van der Waals surface area contributed by atoms with Gasteiger partial charge in [0.15, 0.2) is 0 Å². The molecule has 12 heavy (non-hydrogen) atoms. The smallest absolute Gasteiger partial charge is 0.123 e. The van der Waals surface area contributed by atoms with Gasteiger partial charge in [0.05, 0.1) is 0 Å². The van der Waals surface area contributed by atoms with Gasteiger partial charge >= 0.3 is 0 Å². The van der Waals surface area contributed by atoms with Crippen molar-refractivity contribution in [3.63, 3.8) is 0 Å². The molecular formula is C10H18FN. The minimum atomic E-state index is -0.941. The Morgan fingerprint density at radius 2 is 2.08 bits per heavy atom. The molecule has 0 amide bonds. The van der Waals surface area contributed by atoms with E-state index in [2.05, 4.69) is 5.32 Å². The normalized spacial score (nSPS) is 44.0. The molecule has 1 N–H and O–H groups in total. The summed E-state index contributed by atoms with van der Waals surface area (Å²) in [6.07, 6.45) is 4.90. The predicted octanol–water partition coefficient (Wildman–Crippen LogP) is 2.12. The van der Waals surface area contributed by atoms with Crippen molar-refractivity contribution < 1.29 is 4.39 Å². The van der Waals surface area contributed by atoms with Gasteiger partial charge in [-0.25, -0.2) is 4.39 Å². The number of hydrogen-bond acceptors (Lipinski definition) is 1. The van der Waals surface area contributed by atoms with Gasteiger partial charge in [0.1, 0.15) is 5.67 Å². The Hall–Kier alpha value is -0.110. The summed E-state index contributed by atoms with van der Waals surface area (Å²) in [6, 6.07) is 0. The lowest BCUT2D eigenvalue weighted by atomic mass is 9.67. The number of nitrogens with one attached hydrogen (secondary N) is 1. The van der Waals surface area contributed by atoms with Crippen LogP contribution in [0.2, 0.25) is 0 Å². The first-order chi connectivity index (χ1) is 5.70. The van der Waals surface area contributed by atoms with E-state index in [9.17, 15) is 4.39 Å². The third kappa shape index (κ3) is 1.37. The molecule has 1 saturated heterocycles. The van der Waals surface area contributed by atoms with Crippen LogP contribution in [0, 0.1) is 11.8 Å². The van der Waals surface area contributed by atoms with Crippen LogP contribution in [-0.4, -0.2) is 18.8 Å². The maximum Gasteiger partial charge on any atom is 0.123 e. The number of halogens is 1. The van der Waals surface area contributed by atoms with Crippen LogP contribution in [-0.2, 0) is 0 Å². The Bertz CT molecular complexity index is 163. The van der Waals surface area contributed by atoms with Crippen molar-refractivity contribution >= 4 is 0 Å². The highest BCUT2D eigenvalue weighted by Gasteiger charge is 2.42. The van der Waals surface area contributed by atoms with E-state index in [1.54, 1.807) is 6.92 Å². The Balaban J connectivity index is 2.00. The number of hydrogen-bond donors (Lipinski definition) is 1. The first-order valence-corrected chi connectivity index (χ1v) is 5.10. The molecule has 2 unspecified atom stereocenters. The molecule has 2 fully saturated rings. The maximum atomic E-state index is 13.9. The lowest BCUT2D eigenvalue weighted by Crippen LogP contribution is -2.50. The Morgan fingerprint density at radius 3 is 2.58 bits per heavy atom. The van der Waals surface area contributed by atoms with Gasteiger partial charge in [-0.1, -0.05) is 19.3 Å². The maximum absolute atomic E-state index is 13.9. The molecule has 2 aliphatic rings. The van der Waals surface area contributed by atoms with Gasteiger partial charge < -0.3 is 5.32 Å². The van der Waals surface area contributed by atoms with Crippen molar-refractivity contribution in [2.24, 2.45) is 11.8 Å². The number of rotatable bonds is 1. The highest BCUT2D eigenvalue weighted by atomic mass is 19.1. The van der Waals surface area contributed by atoms with Crippen LogP contribution in [0.5, 0.6) is 0 Å². The highest BCUT2D eigenvalue weighted by Crippen LogP contribution is 2.43. The van der Waals surface area contributed by atoms with E-state index in [4.69, 9.17) is 0 Å². The number of piperidine rings is 1. The van der Waals surface area contributed by atoms with Gasteiger partial charge in [0, 0.05) is 6.54 Å². The molecule has 0 aromatic heterocycles. The van der Waals surface area contributed by atoms with Crippen molar-refractivity contribution in [2.75, 3.05) is 13.1 Å². The zero-order valence-electron chi connectivity index (χ0n) is 7.78. The Morgan fingerprint density at radius 1 is 1.33 bits per heavy atom. The molecule has 1 aliphatic carbocycles. The molecule has 0 radical (unpaired) electrons. The second-order valence-electron chi connectivity index (χ2n) is 4.54. The van der Waals surface area contributed by atoms with Crippen molar-refractivity contribution in [3.8, 4) is 0 Å². The molecule has 1 heterocycles. The molecule has 70 valence electrons. The lowest BCUT2D eigenvalue weighted by molar-refractivity contribution is 0.00638. The summed E-state index contributed by atoms with van der Waals surface area (Å²) in [5, 5.41) is 3.13. The fourth-order valence-electron chi connectivity index (χ4n) is 2.59.